The number of thiophene rings is 1. The van der Waals surface area contributed by atoms with Crippen molar-refractivity contribution in [2.75, 3.05) is 5.32 Å². The van der Waals surface area contributed by atoms with Gasteiger partial charge in [-0.1, -0.05) is 78.1 Å². The van der Waals surface area contributed by atoms with Crippen LogP contribution in [0.5, 0.6) is 0 Å². The summed E-state index contributed by atoms with van der Waals surface area (Å²) in [5.74, 6) is -0.333. The Labute approximate surface area is 164 Å². The molecular weight excluding hydrogens is 376 g/mol. The second kappa shape index (κ2) is 7.65. The molecule has 2 aromatic heterocycles. The van der Waals surface area contributed by atoms with Gasteiger partial charge < -0.3 is 0 Å². The Morgan fingerprint density at radius 1 is 0.852 bits per heavy atom. The van der Waals surface area contributed by atoms with Gasteiger partial charge in [-0.25, -0.2) is 4.98 Å². The van der Waals surface area contributed by atoms with Crippen molar-refractivity contribution < 1.29 is 9.59 Å². The lowest BCUT2D eigenvalue weighted by atomic mass is 10.1. The Hall–Kier alpha value is -3.09. The molecule has 4 nitrogen and oxygen atoms in total. The van der Waals surface area contributed by atoms with E-state index in [1.165, 1.54) is 22.7 Å². The standard InChI is InChI=1S/C21H14N2O2S2/c24-18(15-10-5-2-6-11-15)19-17(14-8-3-1-4-9-14)22-21(27-19)23-20(25)16-12-7-13-26-16/h1-13H,(H,22,23,25). The van der Waals surface area contributed by atoms with Gasteiger partial charge in [0.15, 0.2) is 5.13 Å². The summed E-state index contributed by atoms with van der Waals surface area (Å²) in [5, 5.41) is 5.06. The fraction of sp³-hybridized carbons (Fsp3) is 0. The molecule has 0 atom stereocenters. The predicted molar refractivity (Wildman–Crippen MR) is 110 cm³/mol. The first kappa shape index (κ1) is 17.3. The number of benzene rings is 2. The van der Waals surface area contributed by atoms with Crippen LogP contribution >= 0.6 is 22.7 Å². The smallest absolute Gasteiger partial charge is 0.267 e. The van der Waals surface area contributed by atoms with E-state index in [0.29, 0.717) is 26.1 Å². The van der Waals surface area contributed by atoms with Crippen molar-refractivity contribution >= 4 is 39.5 Å². The minimum atomic E-state index is -0.225. The minimum absolute atomic E-state index is 0.108. The van der Waals surface area contributed by atoms with Gasteiger partial charge in [0.05, 0.1) is 10.6 Å². The lowest BCUT2D eigenvalue weighted by Gasteiger charge is -2.02. The van der Waals surface area contributed by atoms with E-state index >= 15 is 0 Å². The number of rotatable bonds is 5. The molecular formula is C21H14N2O2S2. The fourth-order valence-corrected chi connectivity index (χ4v) is 4.17. The van der Waals surface area contributed by atoms with Gasteiger partial charge in [-0.3, -0.25) is 14.9 Å². The van der Waals surface area contributed by atoms with Crippen molar-refractivity contribution in [2.45, 2.75) is 0 Å². The van der Waals surface area contributed by atoms with Crippen molar-refractivity contribution in [3.8, 4) is 11.3 Å². The van der Waals surface area contributed by atoms with Crippen molar-refractivity contribution in [3.05, 3.63) is 93.5 Å². The molecule has 0 saturated heterocycles. The second-order valence-corrected chi connectivity index (χ2v) is 7.64. The molecule has 0 aliphatic carbocycles. The van der Waals surface area contributed by atoms with Crippen LogP contribution in [-0.2, 0) is 0 Å². The third-order valence-corrected chi connectivity index (χ3v) is 5.72. The lowest BCUT2D eigenvalue weighted by molar-refractivity contribution is 0.102. The Morgan fingerprint density at radius 2 is 1.56 bits per heavy atom. The van der Waals surface area contributed by atoms with E-state index in [4.69, 9.17) is 0 Å². The van der Waals surface area contributed by atoms with Crippen molar-refractivity contribution in [3.63, 3.8) is 0 Å². The summed E-state index contributed by atoms with van der Waals surface area (Å²) in [7, 11) is 0. The molecule has 2 aromatic carbocycles. The van der Waals surface area contributed by atoms with E-state index in [0.717, 1.165) is 5.56 Å². The number of hydrogen-bond acceptors (Lipinski definition) is 5. The zero-order chi connectivity index (χ0) is 18.6. The number of nitrogens with zero attached hydrogens (tertiary/aromatic N) is 1. The summed E-state index contributed by atoms with van der Waals surface area (Å²) in [5.41, 5.74) is 2.01. The minimum Gasteiger partial charge on any atom is -0.297 e. The van der Waals surface area contributed by atoms with Crippen LogP contribution in [0.3, 0.4) is 0 Å². The maximum Gasteiger partial charge on any atom is 0.267 e. The van der Waals surface area contributed by atoms with Gasteiger partial charge >= 0.3 is 0 Å². The third-order valence-electron chi connectivity index (χ3n) is 3.88. The molecule has 2 heterocycles. The highest BCUT2D eigenvalue weighted by Crippen LogP contribution is 2.33. The normalized spacial score (nSPS) is 10.5. The van der Waals surface area contributed by atoms with Gasteiger partial charge in [-0.15, -0.1) is 11.3 Å². The molecule has 27 heavy (non-hydrogen) atoms. The Morgan fingerprint density at radius 3 is 2.22 bits per heavy atom. The molecule has 132 valence electrons. The summed E-state index contributed by atoms with van der Waals surface area (Å²) in [4.78, 5) is 31.0. The molecule has 0 saturated carbocycles. The van der Waals surface area contributed by atoms with E-state index in [-0.39, 0.29) is 11.7 Å². The number of aromatic nitrogens is 1. The van der Waals surface area contributed by atoms with Crippen LogP contribution in [0.15, 0.2) is 78.2 Å². The number of hydrogen-bond donors (Lipinski definition) is 1. The zero-order valence-corrected chi connectivity index (χ0v) is 15.7. The number of anilines is 1. The molecule has 4 aromatic rings. The number of carbonyl (C=O) groups is 2. The number of ketones is 1. The van der Waals surface area contributed by atoms with E-state index in [2.05, 4.69) is 10.3 Å². The first-order chi connectivity index (χ1) is 13.2. The van der Waals surface area contributed by atoms with E-state index < -0.39 is 0 Å². The first-order valence-corrected chi connectivity index (χ1v) is 9.93. The number of thiazole rings is 1. The molecule has 0 radical (unpaired) electrons. The predicted octanol–water partition coefficient (Wildman–Crippen LogP) is 5.35. The number of nitrogens with one attached hydrogen (secondary N) is 1. The van der Waals surface area contributed by atoms with Crippen LogP contribution in [0.2, 0.25) is 0 Å². The van der Waals surface area contributed by atoms with Crippen molar-refractivity contribution in [2.24, 2.45) is 0 Å². The molecule has 0 aliphatic rings. The highest BCUT2D eigenvalue weighted by Gasteiger charge is 2.22. The average Bonchev–Trinajstić information content (AvgIpc) is 3.39. The molecule has 0 unspecified atom stereocenters. The Kier molecular flexibility index (Phi) is 4.91. The van der Waals surface area contributed by atoms with Gasteiger partial charge in [0.2, 0.25) is 5.78 Å². The highest BCUT2D eigenvalue weighted by atomic mass is 32.1. The highest BCUT2D eigenvalue weighted by molar-refractivity contribution is 7.18. The summed E-state index contributed by atoms with van der Waals surface area (Å²) in [6, 6.07) is 22.2. The van der Waals surface area contributed by atoms with E-state index in [9.17, 15) is 9.59 Å². The van der Waals surface area contributed by atoms with Gasteiger partial charge in [0, 0.05) is 11.1 Å². The molecule has 0 fully saturated rings. The second-order valence-electron chi connectivity index (χ2n) is 5.69. The molecule has 1 amide bonds. The van der Waals surface area contributed by atoms with Crippen LogP contribution < -0.4 is 5.32 Å². The quantitative estimate of drug-likeness (QED) is 0.467. The molecule has 1 N–H and O–H groups in total. The Bertz CT molecular complexity index is 1070. The zero-order valence-electron chi connectivity index (χ0n) is 14.1. The SMILES string of the molecule is O=C(Nc1nc(-c2ccccc2)c(C(=O)c2ccccc2)s1)c1cccs1. The van der Waals surface area contributed by atoms with Crippen molar-refractivity contribution in [1.29, 1.82) is 0 Å². The molecule has 0 spiro atoms. The van der Waals surface area contributed by atoms with Crippen LogP contribution in [0, 0.1) is 0 Å². The number of amides is 1. The monoisotopic (exact) mass is 390 g/mol. The van der Waals surface area contributed by atoms with Gasteiger partial charge in [-0.05, 0) is 11.4 Å². The maximum atomic E-state index is 13.0. The molecule has 6 heteroatoms. The topological polar surface area (TPSA) is 59.1 Å². The van der Waals surface area contributed by atoms with Crippen molar-refractivity contribution in [1.82, 2.24) is 4.98 Å². The molecule has 4 rings (SSSR count). The molecule has 0 aliphatic heterocycles. The largest absolute Gasteiger partial charge is 0.297 e. The van der Waals surface area contributed by atoms with Crippen LogP contribution in [0.4, 0.5) is 5.13 Å². The first-order valence-electron chi connectivity index (χ1n) is 8.23. The average molecular weight is 390 g/mol. The van der Waals surface area contributed by atoms with Crippen LogP contribution in [0.25, 0.3) is 11.3 Å². The van der Waals surface area contributed by atoms with Gasteiger partial charge in [0.25, 0.3) is 5.91 Å². The van der Waals surface area contributed by atoms with Crippen LogP contribution in [0.1, 0.15) is 24.9 Å². The summed E-state index contributed by atoms with van der Waals surface area (Å²) < 4.78 is 0. The summed E-state index contributed by atoms with van der Waals surface area (Å²) >= 11 is 2.55. The summed E-state index contributed by atoms with van der Waals surface area (Å²) in [6.07, 6.45) is 0. The number of carbonyl (C=O) groups excluding carboxylic acids is 2. The summed E-state index contributed by atoms with van der Waals surface area (Å²) in [6.45, 7) is 0. The third kappa shape index (κ3) is 3.72. The van der Waals surface area contributed by atoms with E-state index in [1.54, 1.807) is 18.2 Å². The van der Waals surface area contributed by atoms with Crippen LogP contribution in [-0.4, -0.2) is 16.7 Å². The van der Waals surface area contributed by atoms with Gasteiger partial charge in [-0.2, -0.15) is 0 Å². The fourth-order valence-electron chi connectivity index (χ4n) is 2.61. The molecule has 0 bridgehead atoms. The van der Waals surface area contributed by atoms with E-state index in [1.807, 2.05) is 60.0 Å². The van der Waals surface area contributed by atoms with Gasteiger partial charge in [0.1, 0.15) is 4.88 Å². The Balaban J connectivity index is 1.73. The maximum absolute atomic E-state index is 13.0. The lowest BCUT2D eigenvalue weighted by Crippen LogP contribution is -2.09.